The summed E-state index contributed by atoms with van der Waals surface area (Å²) < 4.78 is 0. The molecule has 17 heavy (non-hydrogen) atoms. The summed E-state index contributed by atoms with van der Waals surface area (Å²) in [5.74, 6) is 0.756. The van der Waals surface area contributed by atoms with Gasteiger partial charge in [-0.3, -0.25) is 4.90 Å². The van der Waals surface area contributed by atoms with E-state index in [-0.39, 0.29) is 0 Å². The highest BCUT2D eigenvalue weighted by atomic mass is 15.3. The molecule has 1 aliphatic carbocycles. The largest absolute Gasteiger partial charge is 0.314 e. The Balaban J connectivity index is 1.75. The third-order valence-corrected chi connectivity index (χ3v) is 4.70. The van der Waals surface area contributed by atoms with Crippen molar-refractivity contribution in [2.24, 2.45) is 5.92 Å². The maximum atomic E-state index is 3.66. The second kappa shape index (κ2) is 5.68. The fourth-order valence-corrected chi connectivity index (χ4v) is 2.62. The van der Waals surface area contributed by atoms with Crippen LogP contribution in [-0.4, -0.2) is 61.2 Å². The lowest BCUT2D eigenvalue weighted by atomic mass is 10.00. The molecule has 0 bridgehead atoms. The molecule has 0 radical (unpaired) electrons. The molecule has 1 saturated heterocycles. The average Bonchev–Trinajstić information content (AvgIpc) is 3.12. The van der Waals surface area contributed by atoms with Gasteiger partial charge in [0.15, 0.2) is 0 Å². The van der Waals surface area contributed by atoms with Crippen LogP contribution < -0.4 is 5.32 Å². The van der Waals surface area contributed by atoms with Crippen molar-refractivity contribution >= 4 is 0 Å². The topological polar surface area (TPSA) is 18.5 Å². The highest BCUT2D eigenvalue weighted by Gasteiger charge is 2.28. The molecule has 0 aromatic heterocycles. The van der Waals surface area contributed by atoms with Gasteiger partial charge in [-0.05, 0) is 46.2 Å². The molecule has 1 N–H and O–H groups in total. The standard InChI is InChI=1S/C14H29N3/c1-11(9-15-14-5-6-14)13(3)17-8-7-16(4)12(2)10-17/h11-15H,5-10H2,1-4H3. The van der Waals surface area contributed by atoms with Crippen LogP contribution in [0.4, 0.5) is 0 Å². The van der Waals surface area contributed by atoms with E-state index in [2.05, 4.69) is 42.9 Å². The minimum absolute atomic E-state index is 0.704. The fraction of sp³-hybridized carbons (Fsp3) is 1.00. The van der Waals surface area contributed by atoms with Crippen molar-refractivity contribution in [3.8, 4) is 0 Å². The van der Waals surface area contributed by atoms with E-state index in [1.54, 1.807) is 0 Å². The fourth-order valence-electron chi connectivity index (χ4n) is 2.62. The highest BCUT2D eigenvalue weighted by Crippen LogP contribution is 2.20. The third kappa shape index (κ3) is 3.67. The van der Waals surface area contributed by atoms with E-state index in [0.717, 1.165) is 12.0 Å². The van der Waals surface area contributed by atoms with E-state index >= 15 is 0 Å². The summed E-state index contributed by atoms with van der Waals surface area (Å²) >= 11 is 0. The van der Waals surface area contributed by atoms with Gasteiger partial charge >= 0.3 is 0 Å². The predicted octanol–water partition coefficient (Wildman–Crippen LogP) is 1.40. The van der Waals surface area contributed by atoms with Gasteiger partial charge in [-0.2, -0.15) is 0 Å². The number of hydrogen-bond donors (Lipinski definition) is 1. The maximum Gasteiger partial charge on any atom is 0.0192 e. The lowest BCUT2D eigenvalue weighted by Gasteiger charge is -2.42. The van der Waals surface area contributed by atoms with Crippen LogP contribution in [0.25, 0.3) is 0 Å². The van der Waals surface area contributed by atoms with Crippen molar-refractivity contribution in [1.82, 2.24) is 15.1 Å². The van der Waals surface area contributed by atoms with Crippen LogP contribution in [0.5, 0.6) is 0 Å². The molecule has 0 aromatic carbocycles. The lowest BCUT2D eigenvalue weighted by molar-refractivity contribution is 0.0588. The van der Waals surface area contributed by atoms with E-state index in [4.69, 9.17) is 0 Å². The Kier molecular flexibility index (Phi) is 4.45. The van der Waals surface area contributed by atoms with Gasteiger partial charge in [0.05, 0.1) is 0 Å². The van der Waals surface area contributed by atoms with Crippen molar-refractivity contribution in [3.63, 3.8) is 0 Å². The zero-order valence-electron chi connectivity index (χ0n) is 11.9. The Morgan fingerprint density at radius 2 is 1.94 bits per heavy atom. The van der Waals surface area contributed by atoms with Crippen molar-refractivity contribution < 1.29 is 0 Å². The molecule has 0 amide bonds. The minimum atomic E-state index is 0.704. The second-order valence-electron chi connectivity index (χ2n) is 6.22. The van der Waals surface area contributed by atoms with E-state index in [1.165, 1.54) is 39.0 Å². The molecule has 3 unspecified atom stereocenters. The molecule has 1 heterocycles. The summed E-state index contributed by atoms with van der Waals surface area (Å²) in [6.45, 7) is 12.0. The molecule has 1 saturated carbocycles. The first kappa shape index (κ1) is 13.3. The number of nitrogens with one attached hydrogen (secondary N) is 1. The first-order chi connectivity index (χ1) is 8.08. The van der Waals surface area contributed by atoms with Gasteiger partial charge in [-0.25, -0.2) is 0 Å². The Morgan fingerprint density at radius 3 is 2.53 bits per heavy atom. The second-order valence-corrected chi connectivity index (χ2v) is 6.22. The van der Waals surface area contributed by atoms with Crippen molar-refractivity contribution in [1.29, 1.82) is 0 Å². The SMILES string of the molecule is CC(CNC1CC1)C(C)N1CCN(C)C(C)C1. The van der Waals surface area contributed by atoms with Gasteiger partial charge in [-0.1, -0.05) is 6.92 Å². The van der Waals surface area contributed by atoms with E-state index < -0.39 is 0 Å². The van der Waals surface area contributed by atoms with Gasteiger partial charge in [0.25, 0.3) is 0 Å². The average molecular weight is 239 g/mol. The number of likely N-dealkylation sites (N-methyl/N-ethyl adjacent to an activating group) is 1. The van der Waals surface area contributed by atoms with Gasteiger partial charge in [0.2, 0.25) is 0 Å². The predicted molar refractivity (Wildman–Crippen MR) is 73.3 cm³/mol. The van der Waals surface area contributed by atoms with E-state index in [9.17, 15) is 0 Å². The number of rotatable bonds is 5. The highest BCUT2D eigenvalue weighted by molar-refractivity contribution is 4.86. The van der Waals surface area contributed by atoms with E-state index in [0.29, 0.717) is 12.1 Å². The molecule has 3 heteroatoms. The first-order valence-electron chi connectivity index (χ1n) is 7.25. The van der Waals surface area contributed by atoms with Crippen LogP contribution in [0.15, 0.2) is 0 Å². The van der Waals surface area contributed by atoms with E-state index in [1.807, 2.05) is 0 Å². The monoisotopic (exact) mass is 239 g/mol. The molecule has 1 aliphatic heterocycles. The third-order valence-electron chi connectivity index (χ3n) is 4.70. The van der Waals surface area contributed by atoms with Crippen LogP contribution in [-0.2, 0) is 0 Å². The van der Waals surface area contributed by atoms with Crippen LogP contribution in [0.3, 0.4) is 0 Å². The first-order valence-corrected chi connectivity index (χ1v) is 7.25. The number of nitrogens with zero attached hydrogens (tertiary/aromatic N) is 2. The van der Waals surface area contributed by atoms with Gasteiger partial charge in [0.1, 0.15) is 0 Å². The zero-order chi connectivity index (χ0) is 12.4. The number of piperazine rings is 1. The minimum Gasteiger partial charge on any atom is -0.314 e. The smallest absolute Gasteiger partial charge is 0.0192 e. The molecule has 0 spiro atoms. The molecule has 100 valence electrons. The molecule has 2 rings (SSSR count). The van der Waals surface area contributed by atoms with Crippen molar-refractivity contribution in [3.05, 3.63) is 0 Å². The molecule has 2 aliphatic rings. The lowest BCUT2D eigenvalue weighted by Crippen LogP contribution is -2.54. The summed E-state index contributed by atoms with van der Waals surface area (Å²) in [4.78, 5) is 5.14. The Hall–Kier alpha value is -0.120. The van der Waals surface area contributed by atoms with Gasteiger partial charge in [-0.15, -0.1) is 0 Å². The van der Waals surface area contributed by atoms with Crippen LogP contribution in [0.1, 0.15) is 33.6 Å². The summed E-state index contributed by atoms with van der Waals surface area (Å²) in [6.07, 6.45) is 2.79. The maximum absolute atomic E-state index is 3.66. The molecule has 3 nitrogen and oxygen atoms in total. The Bertz CT molecular complexity index is 240. The molecule has 3 atom stereocenters. The summed E-state index contributed by atoms with van der Waals surface area (Å²) in [5.41, 5.74) is 0. The molecular formula is C14H29N3. The molecular weight excluding hydrogens is 210 g/mol. The number of hydrogen-bond acceptors (Lipinski definition) is 3. The van der Waals surface area contributed by atoms with Gasteiger partial charge in [0, 0.05) is 37.8 Å². The quantitative estimate of drug-likeness (QED) is 0.782. The zero-order valence-corrected chi connectivity index (χ0v) is 11.9. The van der Waals surface area contributed by atoms with Crippen LogP contribution in [0, 0.1) is 5.92 Å². The van der Waals surface area contributed by atoms with Crippen LogP contribution >= 0.6 is 0 Å². The summed E-state index contributed by atoms with van der Waals surface area (Å²) in [7, 11) is 2.24. The molecule has 0 aromatic rings. The van der Waals surface area contributed by atoms with Crippen LogP contribution in [0.2, 0.25) is 0 Å². The van der Waals surface area contributed by atoms with Crippen molar-refractivity contribution in [2.45, 2.75) is 51.7 Å². The van der Waals surface area contributed by atoms with Crippen molar-refractivity contribution in [2.75, 3.05) is 33.2 Å². The van der Waals surface area contributed by atoms with Gasteiger partial charge < -0.3 is 10.2 Å². The normalized spacial score (nSPS) is 31.4. The summed E-state index contributed by atoms with van der Waals surface area (Å²) in [6, 6.07) is 2.25. The Morgan fingerprint density at radius 1 is 1.24 bits per heavy atom. The molecule has 2 fully saturated rings. The Labute approximate surface area is 107 Å². The summed E-state index contributed by atoms with van der Waals surface area (Å²) in [5, 5.41) is 3.66.